The number of para-hydroxylation sites is 1. The summed E-state index contributed by atoms with van der Waals surface area (Å²) in [6.45, 7) is 3.13. The quantitative estimate of drug-likeness (QED) is 0.774. The lowest BCUT2D eigenvalue weighted by Crippen LogP contribution is -2.29. The van der Waals surface area contributed by atoms with Gasteiger partial charge in [-0.3, -0.25) is 4.79 Å². The van der Waals surface area contributed by atoms with E-state index >= 15 is 0 Å². The molecule has 1 amide bonds. The fourth-order valence-electron chi connectivity index (χ4n) is 2.25. The number of benzene rings is 2. The van der Waals surface area contributed by atoms with E-state index in [9.17, 15) is 9.59 Å². The van der Waals surface area contributed by atoms with Crippen molar-refractivity contribution in [1.82, 2.24) is 0 Å². The molecule has 2 aromatic carbocycles. The first-order valence-corrected chi connectivity index (χ1v) is 8.24. The zero-order valence-corrected chi connectivity index (χ0v) is 14.7. The highest BCUT2D eigenvalue weighted by molar-refractivity contribution is 5.93. The van der Waals surface area contributed by atoms with Crippen LogP contribution in [-0.2, 0) is 20.7 Å². The van der Waals surface area contributed by atoms with Gasteiger partial charge in [0.25, 0.3) is 5.91 Å². The van der Waals surface area contributed by atoms with Crippen LogP contribution in [0.4, 0.5) is 5.69 Å². The predicted octanol–water partition coefficient (Wildman–Crippen LogP) is 3.07. The molecule has 0 aliphatic carbocycles. The summed E-state index contributed by atoms with van der Waals surface area (Å²) in [5.74, 6) is -0.618. The maximum atomic E-state index is 12.0. The van der Waals surface area contributed by atoms with E-state index < -0.39 is 24.6 Å². The molecule has 0 spiro atoms. The molecule has 134 valence electrons. The molecule has 2 rings (SSSR count). The van der Waals surface area contributed by atoms with Crippen LogP contribution < -0.4 is 10.1 Å². The van der Waals surface area contributed by atoms with Crippen molar-refractivity contribution < 1.29 is 19.1 Å². The zero-order valence-electron chi connectivity index (χ0n) is 14.7. The first-order valence-electron chi connectivity index (χ1n) is 8.24. The van der Waals surface area contributed by atoms with Gasteiger partial charge in [0.1, 0.15) is 5.75 Å². The van der Waals surface area contributed by atoms with Crippen LogP contribution in [0.3, 0.4) is 0 Å². The van der Waals surface area contributed by atoms with Gasteiger partial charge in [0.05, 0.1) is 11.6 Å². The van der Waals surface area contributed by atoms with Crippen molar-refractivity contribution in [3.63, 3.8) is 0 Å². The molecule has 2 aromatic rings. The van der Waals surface area contributed by atoms with Crippen molar-refractivity contribution in [2.75, 3.05) is 11.9 Å². The summed E-state index contributed by atoms with van der Waals surface area (Å²) in [5, 5.41) is 11.5. The van der Waals surface area contributed by atoms with Crippen molar-refractivity contribution in [1.29, 1.82) is 5.26 Å². The Morgan fingerprint density at radius 1 is 1.15 bits per heavy atom. The number of rotatable bonds is 7. The molecule has 6 nitrogen and oxygen atoms in total. The summed E-state index contributed by atoms with van der Waals surface area (Å²) in [6, 6.07) is 15.8. The number of nitrogens with one attached hydrogen (secondary N) is 1. The van der Waals surface area contributed by atoms with Crippen LogP contribution >= 0.6 is 0 Å². The molecule has 0 heterocycles. The number of aryl methyl sites for hydroxylation is 1. The maximum absolute atomic E-state index is 12.0. The maximum Gasteiger partial charge on any atom is 0.347 e. The van der Waals surface area contributed by atoms with Crippen molar-refractivity contribution in [3.05, 3.63) is 59.7 Å². The second-order valence-corrected chi connectivity index (χ2v) is 5.56. The van der Waals surface area contributed by atoms with E-state index in [4.69, 9.17) is 14.7 Å². The van der Waals surface area contributed by atoms with Gasteiger partial charge in [-0.15, -0.1) is 0 Å². The highest BCUT2D eigenvalue weighted by Crippen LogP contribution is 2.16. The summed E-state index contributed by atoms with van der Waals surface area (Å²) < 4.78 is 10.4. The van der Waals surface area contributed by atoms with Gasteiger partial charge in [0, 0.05) is 5.69 Å². The number of hydrogen-bond donors (Lipinski definition) is 1. The van der Waals surface area contributed by atoms with Crippen molar-refractivity contribution in [2.45, 2.75) is 26.4 Å². The lowest BCUT2D eigenvalue weighted by molar-refractivity contribution is -0.153. The molecule has 0 saturated heterocycles. The minimum absolute atomic E-state index is 0.391. The van der Waals surface area contributed by atoms with E-state index in [1.54, 1.807) is 30.3 Å². The van der Waals surface area contributed by atoms with Crippen LogP contribution in [0.25, 0.3) is 0 Å². The molecule has 0 unspecified atom stereocenters. The minimum atomic E-state index is -0.876. The third-order valence-electron chi connectivity index (χ3n) is 3.65. The Kier molecular flexibility index (Phi) is 6.75. The zero-order chi connectivity index (χ0) is 18.9. The van der Waals surface area contributed by atoms with E-state index in [-0.39, 0.29) is 0 Å². The van der Waals surface area contributed by atoms with Gasteiger partial charge in [0.2, 0.25) is 0 Å². The molecule has 0 bridgehead atoms. The minimum Gasteiger partial charge on any atom is -0.479 e. The highest BCUT2D eigenvalue weighted by Gasteiger charge is 2.18. The SMILES string of the molecule is CCc1ccccc1NC(=O)COC(=O)[C@@H](C)Oc1ccc(C#N)cc1. The topological polar surface area (TPSA) is 88.4 Å². The van der Waals surface area contributed by atoms with Crippen LogP contribution in [0, 0.1) is 11.3 Å². The largest absolute Gasteiger partial charge is 0.479 e. The summed E-state index contributed by atoms with van der Waals surface area (Å²) in [4.78, 5) is 23.9. The normalized spacial score (nSPS) is 11.1. The smallest absolute Gasteiger partial charge is 0.347 e. The third kappa shape index (κ3) is 5.35. The van der Waals surface area contributed by atoms with Gasteiger partial charge in [-0.1, -0.05) is 25.1 Å². The summed E-state index contributed by atoms with van der Waals surface area (Å²) in [7, 11) is 0. The van der Waals surface area contributed by atoms with Crippen LogP contribution in [0.1, 0.15) is 25.0 Å². The van der Waals surface area contributed by atoms with Crippen LogP contribution in [0.15, 0.2) is 48.5 Å². The van der Waals surface area contributed by atoms with E-state index in [0.717, 1.165) is 12.0 Å². The molecule has 0 saturated carbocycles. The molecular formula is C20H20N2O4. The number of nitrogens with zero attached hydrogens (tertiary/aromatic N) is 1. The lowest BCUT2D eigenvalue weighted by atomic mass is 10.1. The van der Waals surface area contributed by atoms with Crippen molar-refractivity contribution >= 4 is 17.6 Å². The average molecular weight is 352 g/mol. The number of carbonyl (C=O) groups is 2. The standard InChI is InChI=1S/C20H20N2O4/c1-3-16-6-4-5-7-18(16)22-19(23)13-25-20(24)14(2)26-17-10-8-15(12-21)9-11-17/h4-11,14H,3,13H2,1-2H3,(H,22,23)/t14-/m1/s1. The van der Waals surface area contributed by atoms with Crippen LogP contribution in [0.2, 0.25) is 0 Å². The van der Waals surface area contributed by atoms with Crippen molar-refractivity contribution in [2.24, 2.45) is 0 Å². The Balaban J connectivity index is 1.83. The number of anilines is 1. The fraction of sp³-hybridized carbons (Fsp3) is 0.250. The average Bonchev–Trinajstić information content (AvgIpc) is 2.67. The fourth-order valence-corrected chi connectivity index (χ4v) is 2.25. The molecule has 0 radical (unpaired) electrons. The monoisotopic (exact) mass is 352 g/mol. The van der Waals surface area contributed by atoms with E-state index in [0.29, 0.717) is 17.0 Å². The summed E-state index contributed by atoms with van der Waals surface area (Å²) in [5.41, 5.74) is 2.21. The number of hydrogen-bond acceptors (Lipinski definition) is 5. The van der Waals surface area contributed by atoms with Gasteiger partial charge in [-0.2, -0.15) is 5.26 Å². The second kappa shape index (κ2) is 9.23. The second-order valence-electron chi connectivity index (χ2n) is 5.56. The summed E-state index contributed by atoms with van der Waals surface area (Å²) >= 11 is 0. The van der Waals surface area contributed by atoms with Crippen molar-refractivity contribution in [3.8, 4) is 11.8 Å². The Morgan fingerprint density at radius 3 is 2.50 bits per heavy atom. The van der Waals surface area contributed by atoms with E-state index in [2.05, 4.69) is 5.32 Å². The molecule has 0 aliphatic rings. The van der Waals surface area contributed by atoms with Gasteiger partial charge >= 0.3 is 5.97 Å². The van der Waals surface area contributed by atoms with Gasteiger partial charge in [-0.25, -0.2) is 4.79 Å². The van der Waals surface area contributed by atoms with Crippen LogP contribution in [-0.4, -0.2) is 24.6 Å². The molecular weight excluding hydrogens is 332 g/mol. The van der Waals surface area contributed by atoms with Crippen LogP contribution in [0.5, 0.6) is 5.75 Å². The number of ether oxygens (including phenoxy) is 2. The Hall–Kier alpha value is -3.33. The predicted molar refractivity (Wildman–Crippen MR) is 96.7 cm³/mol. The first kappa shape index (κ1) is 19.0. The number of nitriles is 1. The first-order chi connectivity index (χ1) is 12.5. The van der Waals surface area contributed by atoms with E-state index in [1.165, 1.54) is 6.92 Å². The molecule has 0 aliphatic heterocycles. The number of esters is 1. The Labute approximate surface area is 152 Å². The highest BCUT2D eigenvalue weighted by atomic mass is 16.6. The van der Waals surface area contributed by atoms with Gasteiger partial charge in [-0.05, 0) is 49.2 Å². The Morgan fingerprint density at radius 2 is 1.85 bits per heavy atom. The van der Waals surface area contributed by atoms with E-state index in [1.807, 2.05) is 31.2 Å². The van der Waals surface area contributed by atoms with Gasteiger partial charge in [0.15, 0.2) is 12.7 Å². The molecule has 0 fully saturated rings. The number of amides is 1. The molecule has 6 heteroatoms. The number of carbonyl (C=O) groups excluding carboxylic acids is 2. The molecule has 1 atom stereocenters. The third-order valence-corrected chi connectivity index (χ3v) is 3.65. The molecule has 26 heavy (non-hydrogen) atoms. The molecule has 0 aromatic heterocycles. The Bertz CT molecular complexity index is 809. The lowest BCUT2D eigenvalue weighted by Gasteiger charge is -2.14. The summed E-state index contributed by atoms with van der Waals surface area (Å²) in [6.07, 6.45) is -0.0928. The van der Waals surface area contributed by atoms with Gasteiger partial charge < -0.3 is 14.8 Å². The molecule has 1 N–H and O–H groups in total.